The zero-order chi connectivity index (χ0) is 13.3. The van der Waals surface area contributed by atoms with E-state index in [1.54, 1.807) is 6.08 Å². The summed E-state index contributed by atoms with van der Waals surface area (Å²) in [5, 5.41) is 13.6. The normalized spacial score (nSPS) is 22.0. The van der Waals surface area contributed by atoms with Gasteiger partial charge in [-0.1, -0.05) is 19.1 Å². The summed E-state index contributed by atoms with van der Waals surface area (Å²) < 4.78 is 0. The average molecular weight is 246 g/mol. The second-order valence-electron chi connectivity index (χ2n) is 4.34. The van der Waals surface area contributed by atoms with E-state index in [0.29, 0.717) is 11.1 Å². The highest BCUT2D eigenvalue weighted by Gasteiger charge is 2.35. The molecule has 0 aromatic carbocycles. The Morgan fingerprint density at radius 3 is 2.89 bits per heavy atom. The molecule has 5 nitrogen and oxygen atoms in total. The van der Waals surface area contributed by atoms with Gasteiger partial charge in [-0.25, -0.2) is 0 Å². The summed E-state index contributed by atoms with van der Waals surface area (Å²) in [5.41, 5.74) is 1.74. The lowest BCUT2D eigenvalue weighted by molar-refractivity contribution is -0.420. The van der Waals surface area contributed by atoms with Gasteiger partial charge in [0.1, 0.15) is 0 Å². The van der Waals surface area contributed by atoms with Crippen molar-refractivity contribution in [2.24, 2.45) is 5.92 Å². The van der Waals surface area contributed by atoms with Crippen LogP contribution in [0.2, 0.25) is 0 Å². The Bertz CT molecular complexity index is 538. The third kappa shape index (κ3) is 1.88. The molecule has 5 heteroatoms. The molecule has 0 spiro atoms. The Kier molecular flexibility index (Phi) is 3.14. The van der Waals surface area contributed by atoms with Crippen molar-refractivity contribution in [1.82, 2.24) is 5.32 Å². The van der Waals surface area contributed by atoms with Crippen LogP contribution in [0, 0.1) is 16.0 Å². The van der Waals surface area contributed by atoms with Crippen molar-refractivity contribution in [3.8, 4) is 0 Å². The molecule has 1 N–H and O–H groups in total. The van der Waals surface area contributed by atoms with Crippen LogP contribution in [0.25, 0.3) is 0 Å². The lowest BCUT2D eigenvalue weighted by Crippen LogP contribution is -2.20. The SMILES string of the molecule is CNC(=O)C1=C2C(=CC=CCC2C)C([N+](=O)[O-])=C1. The fourth-order valence-corrected chi connectivity index (χ4v) is 2.32. The Morgan fingerprint density at radius 1 is 1.56 bits per heavy atom. The number of fused-ring (bicyclic) bond motifs is 1. The van der Waals surface area contributed by atoms with Gasteiger partial charge in [0.05, 0.1) is 16.1 Å². The van der Waals surface area contributed by atoms with Crippen LogP contribution in [0.5, 0.6) is 0 Å². The summed E-state index contributed by atoms with van der Waals surface area (Å²) in [6, 6.07) is 0. The van der Waals surface area contributed by atoms with Gasteiger partial charge in [0.2, 0.25) is 0 Å². The average Bonchev–Trinajstić information content (AvgIpc) is 2.63. The van der Waals surface area contributed by atoms with Crippen molar-refractivity contribution in [1.29, 1.82) is 0 Å². The Hall–Kier alpha value is -2.17. The van der Waals surface area contributed by atoms with Gasteiger partial charge in [-0.3, -0.25) is 14.9 Å². The van der Waals surface area contributed by atoms with Crippen LogP contribution in [0.15, 0.2) is 46.7 Å². The van der Waals surface area contributed by atoms with E-state index in [9.17, 15) is 14.9 Å². The first-order valence-corrected chi connectivity index (χ1v) is 5.76. The van der Waals surface area contributed by atoms with Crippen LogP contribution >= 0.6 is 0 Å². The molecule has 0 bridgehead atoms. The van der Waals surface area contributed by atoms with E-state index < -0.39 is 4.92 Å². The van der Waals surface area contributed by atoms with Gasteiger partial charge in [-0.05, 0) is 24.0 Å². The van der Waals surface area contributed by atoms with E-state index in [0.717, 1.165) is 12.0 Å². The van der Waals surface area contributed by atoms with Crippen LogP contribution in [0.4, 0.5) is 0 Å². The first-order valence-electron chi connectivity index (χ1n) is 5.76. The fourth-order valence-electron chi connectivity index (χ4n) is 2.32. The number of hydrogen-bond donors (Lipinski definition) is 1. The molecular weight excluding hydrogens is 232 g/mol. The molecule has 1 unspecified atom stereocenters. The Balaban J connectivity index is 2.58. The topological polar surface area (TPSA) is 72.2 Å². The molecule has 0 saturated carbocycles. The molecular formula is C13H14N2O3. The predicted octanol–water partition coefficient (Wildman–Crippen LogP) is 1.73. The summed E-state index contributed by atoms with van der Waals surface area (Å²) in [5.74, 6) is -0.183. The zero-order valence-electron chi connectivity index (χ0n) is 10.3. The summed E-state index contributed by atoms with van der Waals surface area (Å²) in [6.45, 7) is 1.97. The van der Waals surface area contributed by atoms with Crippen LogP contribution in [-0.2, 0) is 4.79 Å². The molecule has 18 heavy (non-hydrogen) atoms. The molecule has 2 aliphatic carbocycles. The second kappa shape index (κ2) is 4.60. The van der Waals surface area contributed by atoms with Crippen LogP contribution in [0.1, 0.15) is 13.3 Å². The van der Waals surface area contributed by atoms with Gasteiger partial charge >= 0.3 is 0 Å². The first-order chi connectivity index (χ1) is 8.56. The minimum Gasteiger partial charge on any atom is -0.355 e. The predicted molar refractivity (Wildman–Crippen MR) is 67.2 cm³/mol. The maximum atomic E-state index is 11.8. The van der Waals surface area contributed by atoms with Gasteiger partial charge in [-0.2, -0.15) is 0 Å². The van der Waals surface area contributed by atoms with E-state index in [1.165, 1.54) is 13.1 Å². The minimum absolute atomic E-state index is 0.00185. The summed E-state index contributed by atoms with van der Waals surface area (Å²) in [6.07, 6.45) is 7.62. The van der Waals surface area contributed by atoms with Gasteiger partial charge < -0.3 is 5.32 Å². The third-order valence-corrected chi connectivity index (χ3v) is 3.19. The number of nitrogens with zero attached hydrogens (tertiary/aromatic N) is 1. The quantitative estimate of drug-likeness (QED) is 0.595. The van der Waals surface area contributed by atoms with Crippen molar-refractivity contribution in [3.05, 3.63) is 56.8 Å². The third-order valence-electron chi connectivity index (χ3n) is 3.19. The van der Waals surface area contributed by atoms with Gasteiger partial charge in [0.25, 0.3) is 11.6 Å². The van der Waals surface area contributed by atoms with Crippen molar-refractivity contribution < 1.29 is 9.72 Å². The van der Waals surface area contributed by atoms with E-state index >= 15 is 0 Å². The number of amides is 1. The number of rotatable bonds is 2. The van der Waals surface area contributed by atoms with Gasteiger partial charge in [0.15, 0.2) is 0 Å². The highest BCUT2D eigenvalue weighted by molar-refractivity contribution is 5.99. The van der Waals surface area contributed by atoms with E-state index in [2.05, 4.69) is 5.32 Å². The lowest BCUT2D eigenvalue weighted by Gasteiger charge is -2.13. The molecule has 0 aromatic rings. The number of carbonyl (C=O) groups excluding carboxylic acids is 1. The van der Waals surface area contributed by atoms with E-state index in [1.807, 2.05) is 19.1 Å². The molecule has 0 radical (unpaired) electrons. The minimum atomic E-state index is -0.437. The maximum Gasteiger partial charge on any atom is 0.277 e. The van der Waals surface area contributed by atoms with Gasteiger partial charge in [0, 0.05) is 13.1 Å². The molecule has 0 aliphatic heterocycles. The van der Waals surface area contributed by atoms with Crippen molar-refractivity contribution in [2.45, 2.75) is 13.3 Å². The molecule has 0 heterocycles. The lowest BCUT2D eigenvalue weighted by atomic mass is 9.91. The summed E-state index contributed by atoms with van der Waals surface area (Å²) >= 11 is 0. The highest BCUT2D eigenvalue weighted by Crippen LogP contribution is 2.39. The Morgan fingerprint density at radius 2 is 2.28 bits per heavy atom. The maximum absolute atomic E-state index is 11.8. The van der Waals surface area contributed by atoms with Crippen LogP contribution in [0.3, 0.4) is 0 Å². The molecule has 0 fully saturated rings. The van der Waals surface area contributed by atoms with E-state index in [4.69, 9.17) is 0 Å². The molecule has 1 amide bonds. The van der Waals surface area contributed by atoms with Crippen molar-refractivity contribution in [2.75, 3.05) is 7.05 Å². The zero-order valence-corrected chi connectivity index (χ0v) is 10.3. The standard InChI is InChI=1S/C13H14N2O3/c1-8-5-3-4-6-9-11(15(17)18)7-10(12(8)9)13(16)14-2/h3-4,6-8H,5H2,1-2H3,(H,14,16). The second-order valence-corrected chi connectivity index (χ2v) is 4.34. The van der Waals surface area contributed by atoms with E-state index in [-0.39, 0.29) is 17.5 Å². The number of nitro groups is 1. The van der Waals surface area contributed by atoms with Crippen molar-refractivity contribution >= 4 is 5.91 Å². The first kappa shape index (κ1) is 12.3. The smallest absolute Gasteiger partial charge is 0.277 e. The molecule has 0 aromatic heterocycles. The number of allylic oxidation sites excluding steroid dienone is 4. The number of nitrogens with one attached hydrogen (secondary N) is 1. The molecule has 1 atom stereocenters. The Labute approximate surface area is 105 Å². The molecule has 94 valence electrons. The van der Waals surface area contributed by atoms with Gasteiger partial charge in [-0.15, -0.1) is 0 Å². The molecule has 2 rings (SSSR count). The summed E-state index contributed by atoms with van der Waals surface area (Å²) in [7, 11) is 1.52. The number of hydrogen-bond acceptors (Lipinski definition) is 3. The largest absolute Gasteiger partial charge is 0.355 e. The van der Waals surface area contributed by atoms with Crippen LogP contribution < -0.4 is 5.32 Å². The fraction of sp³-hybridized carbons (Fsp3) is 0.308. The van der Waals surface area contributed by atoms with Crippen molar-refractivity contribution in [3.63, 3.8) is 0 Å². The number of carbonyl (C=O) groups is 1. The monoisotopic (exact) mass is 246 g/mol. The molecule has 2 aliphatic rings. The van der Waals surface area contributed by atoms with Crippen LogP contribution in [-0.4, -0.2) is 17.9 Å². The number of likely N-dealkylation sites (N-methyl/N-ethyl adjacent to an activating group) is 1. The molecule has 0 saturated heterocycles. The highest BCUT2D eigenvalue weighted by atomic mass is 16.6. The summed E-state index contributed by atoms with van der Waals surface area (Å²) in [4.78, 5) is 22.4.